The molecule has 1 aromatic carbocycles. The van der Waals surface area contributed by atoms with Crippen molar-refractivity contribution in [3.8, 4) is 0 Å². The summed E-state index contributed by atoms with van der Waals surface area (Å²) in [6.07, 6.45) is 3.76. The Morgan fingerprint density at radius 1 is 1.31 bits per heavy atom. The molecule has 1 aliphatic carbocycles. The first-order chi connectivity index (χ1) is 12.6. The van der Waals surface area contributed by atoms with Gasteiger partial charge in [0, 0.05) is 10.9 Å². The van der Waals surface area contributed by atoms with Crippen molar-refractivity contribution in [1.29, 1.82) is 0 Å². The zero-order chi connectivity index (χ0) is 18.5. The quantitative estimate of drug-likeness (QED) is 0.746. The van der Waals surface area contributed by atoms with Crippen molar-refractivity contribution >= 4 is 35.2 Å². The van der Waals surface area contributed by atoms with Gasteiger partial charge in [0.05, 0.1) is 17.4 Å². The number of carbonyl (C=O) groups excluding carboxylic acids is 3. The van der Waals surface area contributed by atoms with Crippen molar-refractivity contribution in [2.24, 2.45) is 0 Å². The number of fused-ring (bicyclic) bond motifs is 1. The number of esters is 1. The summed E-state index contributed by atoms with van der Waals surface area (Å²) < 4.78 is 5.37. The molecule has 2 N–H and O–H groups in total. The van der Waals surface area contributed by atoms with Crippen molar-refractivity contribution in [2.45, 2.75) is 67.7 Å². The van der Waals surface area contributed by atoms with Crippen LogP contribution in [0.3, 0.4) is 0 Å². The molecule has 1 saturated carbocycles. The lowest BCUT2D eigenvalue weighted by atomic mass is 10.2. The molecule has 1 aromatic rings. The predicted molar refractivity (Wildman–Crippen MR) is 99.9 cm³/mol. The number of hydrogen-bond donors (Lipinski definition) is 2. The van der Waals surface area contributed by atoms with Gasteiger partial charge in [-0.15, -0.1) is 11.8 Å². The fourth-order valence-electron chi connectivity index (χ4n) is 3.27. The predicted octanol–water partition coefficient (Wildman–Crippen LogP) is 2.87. The second-order valence-corrected chi connectivity index (χ2v) is 7.92. The highest BCUT2D eigenvalue weighted by atomic mass is 32.2. The highest BCUT2D eigenvalue weighted by Crippen LogP contribution is 2.36. The van der Waals surface area contributed by atoms with Gasteiger partial charge in [-0.25, -0.2) is 0 Å². The molecular formula is C19H24N2O4S. The Hall–Kier alpha value is -2.02. The third-order valence-electron chi connectivity index (χ3n) is 4.70. The molecule has 2 aliphatic rings. The van der Waals surface area contributed by atoms with Gasteiger partial charge >= 0.3 is 5.97 Å². The number of carbonyl (C=O) groups is 3. The summed E-state index contributed by atoms with van der Waals surface area (Å²) in [6.45, 7) is 1.81. The summed E-state index contributed by atoms with van der Waals surface area (Å²) in [5.74, 6) is -0.974. The minimum atomic E-state index is -0.799. The molecule has 0 radical (unpaired) electrons. The number of benzene rings is 1. The Morgan fingerprint density at radius 2 is 2.04 bits per heavy atom. The van der Waals surface area contributed by atoms with Crippen LogP contribution in [0.4, 0.5) is 5.69 Å². The summed E-state index contributed by atoms with van der Waals surface area (Å²) >= 11 is 1.35. The van der Waals surface area contributed by atoms with Crippen molar-refractivity contribution in [3.63, 3.8) is 0 Å². The molecule has 1 fully saturated rings. The molecule has 0 saturated heterocycles. The van der Waals surface area contributed by atoms with Crippen molar-refractivity contribution in [2.75, 3.05) is 5.32 Å². The first kappa shape index (κ1) is 18.8. The fourth-order valence-corrected chi connectivity index (χ4v) is 4.37. The number of para-hydroxylation sites is 1. The number of nitrogens with one attached hydrogen (secondary N) is 2. The van der Waals surface area contributed by atoms with Crippen LogP contribution in [-0.2, 0) is 19.1 Å². The van der Waals surface area contributed by atoms with Crippen LogP contribution < -0.4 is 10.6 Å². The lowest BCUT2D eigenvalue weighted by Crippen LogP contribution is -2.42. The second kappa shape index (κ2) is 8.58. The molecule has 0 aromatic heterocycles. The van der Waals surface area contributed by atoms with Crippen molar-refractivity contribution in [3.05, 3.63) is 24.3 Å². The van der Waals surface area contributed by atoms with Gasteiger partial charge in [-0.3, -0.25) is 14.4 Å². The van der Waals surface area contributed by atoms with Gasteiger partial charge < -0.3 is 15.4 Å². The van der Waals surface area contributed by atoms with Crippen molar-refractivity contribution in [1.82, 2.24) is 5.32 Å². The van der Waals surface area contributed by atoms with Crippen LogP contribution in [-0.4, -0.2) is 35.2 Å². The molecule has 2 amide bonds. The molecular weight excluding hydrogens is 352 g/mol. The number of amides is 2. The van der Waals surface area contributed by atoms with Gasteiger partial charge in [0.2, 0.25) is 5.91 Å². The van der Waals surface area contributed by atoms with Crippen LogP contribution >= 0.6 is 11.8 Å². The van der Waals surface area contributed by atoms with E-state index >= 15 is 0 Å². The number of rotatable bonds is 6. The van der Waals surface area contributed by atoms with E-state index in [2.05, 4.69) is 10.6 Å². The van der Waals surface area contributed by atoms with E-state index in [0.717, 1.165) is 36.3 Å². The Kier molecular flexibility index (Phi) is 6.19. The molecule has 6 nitrogen and oxygen atoms in total. The Balaban J connectivity index is 1.53. The van der Waals surface area contributed by atoms with Gasteiger partial charge in [0.1, 0.15) is 0 Å². The Morgan fingerprint density at radius 3 is 2.77 bits per heavy atom. The number of thioether (sulfide) groups is 1. The molecule has 1 aliphatic heterocycles. The van der Waals surface area contributed by atoms with Crippen LogP contribution in [0.2, 0.25) is 0 Å². The van der Waals surface area contributed by atoms with Crippen LogP contribution in [0.5, 0.6) is 0 Å². The van der Waals surface area contributed by atoms with Gasteiger partial charge in [0.25, 0.3) is 5.91 Å². The van der Waals surface area contributed by atoms with E-state index in [1.54, 1.807) is 0 Å². The topological polar surface area (TPSA) is 84.5 Å². The maximum absolute atomic E-state index is 12.3. The average Bonchev–Trinajstić information content (AvgIpc) is 3.13. The van der Waals surface area contributed by atoms with Crippen LogP contribution in [0.25, 0.3) is 0 Å². The molecule has 0 bridgehead atoms. The van der Waals surface area contributed by atoms with Gasteiger partial charge in [-0.2, -0.15) is 0 Å². The van der Waals surface area contributed by atoms with E-state index < -0.39 is 17.3 Å². The van der Waals surface area contributed by atoms with Crippen LogP contribution in [0.1, 0.15) is 45.4 Å². The van der Waals surface area contributed by atoms with Crippen LogP contribution in [0.15, 0.2) is 29.2 Å². The zero-order valence-electron chi connectivity index (χ0n) is 14.8. The minimum absolute atomic E-state index is 0.0575. The first-order valence-corrected chi connectivity index (χ1v) is 10.0. The first-order valence-electron chi connectivity index (χ1n) is 9.13. The average molecular weight is 376 g/mol. The molecule has 0 unspecified atom stereocenters. The SMILES string of the molecule is CC[C@@H](OC(=O)C[C@H]1Sc2ccccc2NC1=O)C(=O)NC1CCCC1. The number of ether oxygens (including phenoxy) is 1. The van der Waals surface area contributed by atoms with Crippen LogP contribution in [0, 0.1) is 0 Å². The molecule has 0 spiro atoms. The largest absolute Gasteiger partial charge is 0.452 e. The third kappa shape index (κ3) is 4.58. The number of hydrogen-bond acceptors (Lipinski definition) is 5. The summed E-state index contributed by atoms with van der Waals surface area (Å²) in [6, 6.07) is 7.66. The molecule has 7 heteroatoms. The van der Waals surface area contributed by atoms with E-state index in [-0.39, 0.29) is 24.3 Å². The summed E-state index contributed by atoms with van der Waals surface area (Å²) in [5, 5.41) is 5.22. The lowest BCUT2D eigenvalue weighted by Gasteiger charge is -2.24. The minimum Gasteiger partial charge on any atom is -0.452 e. The molecule has 1 heterocycles. The monoisotopic (exact) mass is 376 g/mol. The summed E-state index contributed by atoms with van der Waals surface area (Å²) in [5.41, 5.74) is 0.759. The van der Waals surface area contributed by atoms with Gasteiger partial charge in [-0.05, 0) is 31.4 Å². The zero-order valence-corrected chi connectivity index (χ0v) is 15.6. The maximum atomic E-state index is 12.3. The Labute approximate surface area is 157 Å². The summed E-state index contributed by atoms with van der Waals surface area (Å²) in [4.78, 5) is 37.7. The van der Waals surface area contributed by atoms with E-state index in [4.69, 9.17) is 4.74 Å². The van der Waals surface area contributed by atoms with E-state index in [1.165, 1.54) is 11.8 Å². The second-order valence-electron chi connectivity index (χ2n) is 6.67. The Bertz CT molecular complexity index is 688. The van der Waals surface area contributed by atoms with Gasteiger partial charge in [0.15, 0.2) is 6.10 Å². The highest BCUT2D eigenvalue weighted by Gasteiger charge is 2.31. The molecule has 140 valence electrons. The fraction of sp³-hybridized carbons (Fsp3) is 0.526. The molecule has 2 atom stereocenters. The molecule has 26 heavy (non-hydrogen) atoms. The van der Waals surface area contributed by atoms with E-state index in [0.29, 0.717) is 6.42 Å². The maximum Gasteiger partial charge on any atom is 0.308 e. The standard InChI is InChI=1S/C19H24N2O4S/c1-2-14(18(23)20-12-7-3-4-8-12)25-17(22)11-16-19(24)21-13-9-5-6-10-15(13)26-16/h5-6,9-10,12,14,16H,2-4,7-8,11H2,1H3,(H,20,23)(H,21,24)/t14-,16-/m1/s1. The van der Waals surface area contributed by atoms with Gasteiger partial charge in [-0.1, -0.05) is 31.9 Å². The van der Waals surface area contributed by atoms with Crippen molar-refractivity contribution < 1.29 is 19.1 Å². The number of anilines is 1. The highest BCUT2D eigenvalue weighted by molar-refractivity contribution is 8.01. The summed E-state index contributed by atoms with van der Waals surface area (Å²) in [7, 11) is 0. The van der Waals surface area contributed by atoms with E-state index in [9.17, 15) is 14.4 Å². The third-order valence-corrected chi connectivity index (χ3v) is 5.97. The molecule has 3 rings (SSSR count). The smallest absolute Gasteiger partial charge is 0.308 e. The lowest BCUT2D eigenvalue weighted by molar-refractivity contribution is -0.156. The normalized spacial score (nSPS) is 20.8. The van der Waals surface area contributed by atoms with E-state index in [1.807, 2.05) is 31.2 Å².